The summed E-state index contributed by atoms with van der Waals surface area (Å²) in [5.74, 6) is -0.561. The number of anilines is 1. The van der Waals surface area contributed by atoms with Gasteiger partial charge in [0, 0.05) is 59.3 Å². The van der Waals surface area contributed by atoms with E-state index >= 15 is 0 Å². The molecule has 1 aliphatic carbocycles. The van der Waals surface area contributed by atoms with Crippen molar-refractivity contribution in [2.45, 2.75) is 6.42 Å². The van der Waals surface area contributed by atoms with Crippen LogP contribution in [0, 0.1) is 0 Å². The van der Waals surface area contributed by atoms with E-state index in [1.54, 1.807) is 12.1 Å². The molecule has 0 spiro atoms. The Kier molecular flexibility index (Phi) is 5.36. The van der Waals surface area contributed by atoms with E-state index in [9.17, 15) is 19.5 Å². The Balaban J connectivity index is 1.38. The van der Waals surface area contributed by atoms with Crippen LogP contribution in [0.2, 0.25) is 0 Å². The van der Waals surface area contributed by atoms with Gasteiger partial charge in [-0.1, -0.05) is 30.4 Å². The lowest BCUT2D eigenvalue weighted by Gasteiger charge is -2.37. The number of hydrogen-bond donors (Lipinski definition) is 1. The molecule has 1 fully saturated rings. The molecule has 32 heavy (non-hydrogen) atoms. The molecule has 1 N–H and O–H groups in total. The van der Waals surface area contributed by atoms with Gasteiger partial charge in [-0.2, -0.15) is 0 Å². The summed E-state index contributed by atoms with van der Waals surface area (Å²) in [5.41, 5.74) is 2.79. The Bertz CT molecular complexity index is 1150. The number of Topliss-reactive ketones (excluding diaryl/α,β-unsaturated/α-hetero) is 1. The number of imide groups is 1. The maximum atomic E-state index is 12.9. The highest BCUT2D eigenvalue weighted by atomic mass is 16.3. The molecule has 5 rings (SSSR count). The topological polar surface area (TPSA) is 81.2 Å². The number of β-amino-alcohol motifs (C(OH)–C–C–N with tert-alkyl or cyclic N) is 1. The molecular weight excluding hydrogens is 406 g/mol. The molecule has 0 aromatic heterocycles. The first-order valence-corrected chi connectivity index (χ1v) is 11.0. The van der Waals surface area contributed by atoms with Crippen LogP contribution in [-0.2, 0) is 4.79 Å². The van der Waals surface area contributed by atoms with E-state index in [1.165, 1.54) is 0 Å². The lowest BCUT2D eigenvalue weighted by atomic mass is 9.92. The van der Waals surface area contributed by atoms with Gasteiger partial charge in [0.05, 0.1) is 19.7 Å². The number of rotatable bonds is 6. The lowest BCUT2D eigenvalue weighted by molar-refractivity contribution is -0.116. The fraction of sp³-hybridized carbons (Fsp3) is 0.320. The van der Waals surface area contributed by atoms with Gasteiger partial charge < -0.3 is 10.0 Å². The van der Waals surface area contributed by atoms with Gasteiger partial charge in [0.1, 0.15) is 0 Å². The first kappa shape index (κ1) is 20.6. The van der Waals surface area contributed by atoms with Crippen LogP contribution in [0.1, 0.15) is 27.1 Å². The number of amides is 2. The van der Waals surface area contributed by atoms with E-state index in [0.717, 1.165) is 54.1 Å². The number of allylic oxidation sites excluding steroid dienone is 3. The Morgan fingerprint density at radius 1 is 0.969 bits per heavy atom. The molecule has 0 saturated carbocycles. The molecule has 164 valence electrons. The lowest BCUT2D eigenvalue weighted by Crippen LogP contribution is -2.48. The van der Waals surface area contributed by atoms with Crippen molar-refractivity contribution in [3.05, 3.63) is 65.3 Å². The number of ketones is 1. The quantitative estimate of drug-likeness (QED) is 0.705. The van der Waals surface area contributed by atoms with Crippen molar-refractivity contribution >= 4 is 34.1 Å². The normalized spacial score (nSPS) is 18.6. The molecule has 2 amide bonds. The molecule has 0 atom stereocenters. The smallest absolute Gasteiger partial charge is 0.261 e. The summed E-state index contributed by atoms with van der Waals surface area (Å²) >= 11 is 0. The van der Waals surface area contributed by atoms with Gasteiger partial charge in [0.2, 0.25) is 0 Å². The molecule has 1 saturated heterocycles. The number of aliphatic hydroxyl groups is 1. The number of aliphatic hydroxyl groups excluding tert-OH is 1. The number of benzene rings is 2. The first-order chi connectivity index (χ1) is 15.6. The molecule has 3 aliphatic rings. The van der Waals surface area contributed by atoms with Crippen molar-refractivity contribution < 1.29 is 19.5 Å². The van der Waals surface area contributed by atoms with E-state index in [-0.39, 0.29) is 30.7 Å². The van der Waals surface area contributed by atoms with Crippen LogP contribution in [0.25, 0.3) is 10.8 Å². The Labute approximate surface area is 186 Å². The summed E-state index contributed by atoms with van der Waals surface area (Å²) in [6.07, 6.45) is 6.71. The summed E-state index contributed by atoms with van der Waals surface area (Å²) < 4.78 is 0. The largest absolute Gasteiger partial charge is 0.395 e. The van der Waals surface area contributed by atoms with Gasteiger partial charge in [-0.3, -0.25) is 24.2 Å². The maximum Gasteiger partial charge on any atom is 0.261 e. The Morgan fingerprint density at radius 3 is 2.41 bits per heavy atom. The summed E-state index contributed by atoms with van der Waals surface area (Å²) in [7, 11) is 0. The maximum absolute atomic E-state index is 12.9. The molecule has 2 heterocycles. The van der Waals surface area contributed by atoms with Gasteiger partial charge in [-0.25, -0.2) is 0 Å². The highest BCUT2D eigenvalue weighted by Crippen LogP contribution is 2.36. The molecule has 2 aromatic rings. The standard InChI is InChI=1S/C25H25N3O4/c29-15-14-28-24(31)19-7-3-6-18-21(9-8-20(23(18)19)25(28)32)27-12-10-26(11-13-27)16-22(30)17-4-1-2-5-17/h1,3-9,29H,2,10-16H2. The molecule has 0 radical (unpaired) electrons. The molecule has 0 unspecified atom stereocenters. The van der Waals surface area contributed by atoms with Crippen LogP contribution in [0.4, 0.5) is 5.69 Å². The van der Waals surface area contributed by atoms with Crippen molar-refractivity contribution in [1.29, 1.82) is 0 Å². The second-order valence-corrected chi connectivity index (χ2v) is 8.33. The van der Waals surface area contributed by atoms with E-state index in [2.05, 4.69) is 9.80 Å². The van der Waals surface area contributed by atoms with Gasteiger partial charge in [-0.05, 0) is 24.6 Å². The SMILES string of the molecule is O=C(CN1CCN(c2ccc3c4c(cccc24)C(=O)N(CCO)C3=O)CC1)C1=CCC=C1. The van der Waals surface area contributed by atoms with Crippen LogP contribution in [0.3, 0.4) is 0 Å². The zero-order chi connectivity index (χ0) is 22.2. The molecule has 7 nitrogen and oxygen atoms in total. The third-order valence-corrected chi connectivity index (χ3v) is 6.47. The van der Waals surface area contributed by atoms with Gasteiger partial charge >= 0.3 is 0 Å². The summed E-state index contributed by atoms with van der Waals surface area (Å²) in [6.45, 7) is 3.22. The second-order valence-electron chi connectivity index (χ2n) is 8.33. The summed E-state index contributed by atoms with van der Waals surface area (Å²) in [4.78, 5) is 43.7. The average Bonchev–Trinajstić information content (AvgIpc) is 3.36. The average molecular weight is 431 g/mol. The molecule has 0 bridgehead atoms. The van der Waals surface area contributed by atoms with E-state index in [4.69, 9.17) is 0 Å². The van der Waals surface area contributed by atoms with E-state index < -0.39 is 0 Å². The number of hydrogen-bond acceptors (Lipinski definition) is 6. The molecule has 2 aromatic carbocycles. The summed E-state index contributed by atoms with van der Waals surface area (Å²) in [6, 6.07) is 9.27. The molecular formula is C25H25N3O4. The van der Waals surface area contributed by atoms with Crippen LogP contribution in [0.15, 0.2) is 54.1 Å². The summed E-state index contributed by atoms with van der Waals surface area (Å²) in [5, 5.41) is 10.8. The van der Waals surface area contributed by atoms with Crippen molar-refractivity contribution in [1.82, 2.24) is 9.80 Å². The highest BCUT2D eigenvalue weighted by Gasteiger charge is 2.33. The number of nitrogens with zero attached hydrogens (tertiary/aromatic N) is 3. The minimum atomic E-state index is -0.363. The van der Waals surface area contributed by atoms with Crippen molar-refractivity contribution in [2.24, 2.45) is 0 Å². The van der Waals surface area contributed by atoms with Crippen molar-refractivity contribution in [3.8, 4) is 0 Å². The Morgan fingerprint density at radius 2 is 1.72 bits per heavy atom. The van der Waals surface area contributed by atoms with Crippen LogP contribution in [-0.4, -0.2) is 78.4 Å². The van der Waals surface area contributed by atoms with Gasteiger partial charge in [-0.15, -0.1) is 0 Å². The van der Waals surface area contributed by atoms with E-state index in [1.807, 2.05) is 36.4 Å². The zero-order valence-corrected chi connectivity index (χ0v) is 17.8. The number of piperazine rings is 1. The number of carbonyl (C=O) groups excluding carboxylic acids is 3. The van der Waals surface area contributed by atoms with E-state index in [0.29, 0.717) is 23.1 Å². The highest BCUT2D eigenvalue weighted by molar-refractivity contribution is 6.26. The molecule has 7 heteroatoms. The van der Waals surface area contributed by atoms with Crippen LogP contribution < -0.4 is 4.90 Å². The Hall–Kier alpha value is -3.29. The third-order valence-electron chi connectivity index (χ3n) is 6.47. The second kappa shape index (κ2) is 8.33. The van der Waals surface area contributed by atoms with Crippen LogP contribution in [0.5, 0.6) is 0 Å². The number of carbonyl (C=O) groups is 3. The van der Waals surface area contributed by atoms with Gasteiger partial charge in [0.25, 0.3) is 11.8 Å². The predicted octanol–water partition coefficient (Wildman–Crippen LogP) is 2.01. The zero-order valence-electron chi connectivity index (χ0n) is 17.8. The predicted molar refractivity (Wildman–Crippen MR) is 122 cm³/mol. The van der Waals surface area contributed by atoms with Crippen LogP contribution >= 0.6 is 0 Å². The minimum absolute atomic E-state index is 0.0113. The van der Waals surface area contributed by atoms with Crippen molar-refractivity contribution in [3.63, 3.8) is 0 Å². The minimum Gasteiger partial charge on any atom is -0.395 e. The third kappa shape index (κ3) is 3.43. The fourth-order valence-electron chi connectivity index (χ4n) is 4.82. The van der Waals surface area contributed by atoms with Crippen molar-refractivity contribution in [2.75, 3.05) is 50.8 Å². The monoisotopic (exact) mass is 431 g/mol. The molecule has 2 aliphatic heterocycles. The first-order valence-electron chi connectivity index (χ1n) is 11.0. The van der Waals surface area contributed by atoms with Gasteiger partial charge in [0.15, 0.2) is 5.78 Å². The fourth-order valence-corrected chi connectivity index (χ4v) is 4.82.